The van der Waals surface area contributed by atoms with Crippen molar-refractivity contribution in [1.82, 2.24) is 5.43 Å². The molecule has 3 aromatic carbocycles. The number of amides is 2. The zero-order valence-electron chi connectivity index (χ0n) is 15.0. The number of fused-ring (bicyclic) bond motifs is 1. The molecule has 0 aliphatic rings. The second-order valence-electron chi connectivity index (χ2n) is 6.14. The normalized spacial score (nSPS) is 12.1. The smallest absolute Gasteiger partial charge is 0.252 e. The number of phenols is 1. The molecule has 0 saturated carbocycles. The van der Waals surface area contributed by atoms with E-state index < -0.39 is 17.7 Å². The number of rotatable bonds is 5. The third-order valence-corrected chi connectivity index (χ3v) is 4.93. The van der Waals surface area contributed by atoms with E-state index in [2.05, 4.69) is 31.8 Å². The van der Waals surface area contributed by atoms with Crippen LogP contribution in [0.2, 0.25) is 0 Å². The topological polar surface area (TPSA) is 90.8 Å². The van der Waals surface area contributed by atoms with E-state index in [1.165, 1.54) is 13.1 Å². The fourth-order valence-corrected chi connectivity index (χ4v) is 2.98. The summed E-state index contributed by atoms with van der Waals surface area (Å²) in [6.45, 7) is 1.49. The van der Waals surface area contributed by atoms with Gasteiger partial charge in [0, 0.05) is 10.0 Å². The molecule has 3 aromatic rings. The average molecular weight is 440 g/mol. The van der Waals surface area contributed by atoms with Crippen molar-refractivity contribution < 1.29 is 14.7 Å². The van der Waals surface area contributed by atoms with Crippen molar-refractivity contribution in [3.63, 3.8) is 0 Å². The Morgan fingerprint density at radius 3 is 2.54 bits per heavy atom. The van der Waals surface area contributed by atoms with Gasteiger partial charge in [-0.05, 0) is 51.8 Å². The summed E-state index contributed by atoms with van der Waals surface area (Å²) < 4.78 is 0.723. The van der Waals surface area contributed by atoms with E-state index >= 15 is 0 Å². The van der Waals surface area contributed by atoms with Gasteiger partial charge in [0.1, 0.15) is 11.7 Å². The second kappa shape index (κ2) is 8.67. The highest BCUT2D eigenvalue weighted by molar-refractivity contribution is 9.10. The number of anilines is 1. The number of carbonyl (C=O) groups excluding carboxylic acids is 2. The van der Waals surface area contributed by atoms with E-state index in [1.54, 1.807) is 30.3 Å². The van der Waals surface area contributed by atoms with Crippen molar-refractivity contribution in [1.29, 1.82) is 0 Å². The van der Waals surface area contributed by atoms with E-state index in [0.29, 0.717) is 11.3 Å². The summed E-state index contributed by atoms with van der Waals surface area (Å²) in [5.41, 5.74) is 3.42. The molecule has 142 valence electrons. The molecule has 0 radical (unpaired) electrons. The monoisotopic (exact) mass is 439 g/mol. The summed E-state index contributed by atoms with van der Waals surface area (Å²) in [7, 11) is 0. The molecule has 0 heterocycles. The number of nitrogens with one attached hydrogen (secondary N) is 2. The highest BCUT2D eigenvalue weighted by Gasteiger charge is 2.21. The summed E-state index contributed by atoms with van der Waals surface area (Å²) in [6, 6.07) is 18.0. The molecule has 28 heavy (non-hydrogen) atoms. The first-order chi connectivity index (χ1) is 13.5. The molecule has 0 saturated heterocycles. The van der Waals surface area contributed by atoms with Crippen LogP contribution >= 0.6 is 15.9 Å². The Bertz CT molecular complexity index is 1070. The summed E-state index contributed by atoms with van der Waals surface area (Å²) in [5.74, 6) is -1.91. The lowest BCUT2D eigenvalue weighted by Crippen LogP contribution is -2.34. The van der Waals surface area contributed by atoms with E-state index in [9.17, 15) is 14.7 Å². The Labute approximate surface area is 170 Å². The van der Waals surface area contributed by atoms with Gasteiger partial charge in [-0.15, -0.1) is 0 Å². The molecule has 0 bridgehead atoms. The van der Waals surface area contributed by atoms with Crippen LogP contribution < -0.4 is 10.7 Å². The predicted octanol–water partition coefficient (Wildman–Crippen LogP) is 4.03. The quantitative estimate of drug-likeness (QED) is 0.318. The van der Waals surface area contributed by atoms with Crippen molar-refractivity contribution in [2.75, 3.05) is 5.32 Å². The van der Waals surface area contributed by atoms with Crippen LogP contribution in [0.4, 0.5) is 5.69 Å². The van der Waals surface area contributed by atoms with Gasteiger partial charge in [0.15, 0.2) is 0 Å². The van der Waals surface area contributed by atoms with Crippen LogP contribution in [0.25, 0.3) is 10.8 Å². The summed E-state index contributed by atoms with van der Waals surface area (Å²) in [5, 5.41) is 18.4. The van der Waals surface area contributed by atoms with Crippen LogP contribution in [-0.2, 0) is 9.59 Å². The molecular formula is C21H18BrN3O3. The minimum atomic E-state index is -0.953. The summed E-state index contributed by atoms with van der Waals surface area (Å²) >= 11 is 3.34. The maximum atomic E-state index is 12.3. The SMILES string of the molecule is CC(C(=O)NN=Cc1c(O)ccc2ccccc12)C(=O)Nc1ccccc1Br. The Morgan fingerprint density at radius 1 is 1.04 bits per heavy atom. The summed E-state index contributed by atoms with van der Waals surface area (Å²) in [6.07, 6.45) is 1.37. The fraction of sp³-hybridized carbons (Fsp3) is 0.0952. The van der Waals surface area contributed by atoms with Gasteiger partial charge < -0.3 is 10.4 Å². The largest absolute Gasteiger partial charge is 0.507 e. The lowest BCUT2D eigenvalue weighted by Gasteiger charge is -2.12. The van der Waals surface area contributed by atoms with Crippen molar-refractivity contribution >= 4 is 50.4 Å². The lowest BCUT2D eigenvalue weighted by atomic mass is 10.0. The van der Waals surface area contributed by atoms with Crippen LogP contribution in [0.1, 0.15) is 12.5 Å². The van der Waals surface area contributed by atoms with E-state index in [-0.39, 0.29) is 5.75 Å². The van der Waals surface area contributed by atoms with Gasteiger partial charge >= 0.3 is 0 Å². The second-order valence-corrected chi connectivity index (χ2v) is 7.00. The van der Waals surface area contributed by atoms with Crippen LogP contribution in [0.15, 0.2) is 70.2 Å². The van der Waals surface area contributed by atoms with Crippen LogP contribution in [-0.4, -0.2) is 23.1 Å². The third-order valence-electron chi connectivity index (χ3n) is 4.23. The van der Waals surface area contributed by atoms with E-state index in [0.717, 1.165) is 15.2 Å². The number of benzene rings is 3. The van der Waals surface area contributed by atoms with Crippen LogP contribution in [0.3, 0.4) is 0 Å². The average Bonchev–Trinajstić information content (AvgIpc) is 2.70. The van der Waals surface area contributed by atoms with Crippen molar-refractivity contribution in [3.05, 3.63) is 70.7 Å². The van der Waals surface area contributed by atoms with Gasteiger partial charge in [0.05, 0.1) is 11.9 Å². The molecule has 3 N–H and O–H groups in total. The standard InChI is InChI=1S/C21H18BrN3O3/c1-13(20(27)24-18-9-5-4-8-17(18)22)21(28)25-23-12-16-15-7-3-2-6-14(15)10-11-19(16)26/h2-13,26H,1H3,(H,24,27)(H,25,28). The third kappa shape index (κ3) is 4.37. The van der Waals surface area contributed by atoms with Crippen molar-refractivity contribution in [3.8, 4) is 5.75 Å². The van der Waals surface area contributed by atoms with E-state index in [4.69, 9.17) is 0 Å². The van der Waals surface area contributed by atoms with Crippen LogP contribution in [0, 0.1) is 5.92 Å². The molecule has 0 aliphatic carbocycles. The first-order valence-corrected chi connectivity index (χ1v) is 9.35. The minimum Gasteiger partial charge on any atom is -0.507 e. The van der Waals surface area contributed by atoms with Crippen LogP contribution in [0.5, 0.6) is 5.75 Å². The number of para-hydroxylation sites is 1. The summed E-state index contributed by atoms with van der Waals surface area (Å²) in [4.78, 5) is 24.5. The highest BCUT2D eigenvalue weighted by atomic mass is 79.9. The van der Waals surface area contributed by atoms with Crippen molar-refractivity contribution in [2.45, 2.75) is 6.92 Å². The molecule has 0 aromatic heterocycles. The molecule has 7 heteroatoms. The molecule has 6 nitrogen and oxygen atoms in total. The number of hydrogen-bond acceptors (Lipinski definition) is 4. The molecule has 0 spiro atoms. The molecule has 1 atom stereocenters. The number of phenolic OH excluding ortho intramolecular Hbond substituents is 1. The predicted molar refractivity (Wildman–Crippen MR) is 113 cm³/mol. The molecular weight excluding hydrogens is 422 g/mol. The lowest BCUT2D eigenvalue weighted by molar-refractivity contribution is -0.131. The first-order valence-electron chi connectivity index (χ1n) is 8.56. The molecule has 0 aliphatic heterocycles. The zero-order valence-corrected chi connectivity index (χ0v) is 16.6. The van der Waals surface area contributed by atoms with E-state index in [1.807, 2.05) is 30.3 Å². The molecule has 0 fully saturated rings. The number of nitrogens with zero attached hydrogens (tertiary/aromatic N) is 1. The number of hydrazone groups is 1. The Balaban J connectivity index is 1.67. The number of carbonyl (C=O) groups is 2. The van der Waals surface area contributed by atoms with Gasteiger partial charge in [-0.2, -0.15) is 5.10 Å². The van der Waals surface area contributed by atoms with Gasteiger partial charge in [-0.25, -0.2) is 5.43 Å². The first kappa shape index (κ1) is 19.6. The van der Waals surface area contributed by atoms with Gasteiger partial charge in [0.2, 0.25) is 5.91 Å². The molecule has 3 rings (SSSR count). The zero-order chi connectivity index (χ0) is 20.1. The van der Waals surface area contributed by atoms with Crippen molar-refractivity contribution in [2.24, 2.45) is 11.0 Å². The van der Waals surface area contributed by atoms with Gasteiger partial charge in [-0.1, -0.05) is 42.5 Å². The maximum absolute atomic E-state index is 12.3. The van der Waals surface area contributed by atoms with Gasteiger partial charge in [-0.3, -0.25) is 9.59 Å². The number of aromatic hydroxyl groups is 1. The molecule has 2 amide bonds. The fourth-order valence-electron chi connectivity index (χ4n) is 2.60. The Hall–Kier alpha value is -3.19. The number of halogens is 1. The molecule has 1 unspecified atom stereocenters. The minimum absolute atomic E-state index is 0.0522. The Morgan fingerprint density at radius 2 is 1.75 bits per heavy atom. The number of hydrogen-bond donors (Lipinski definition) is 3. The maximum Gasteiger partial charge on any atom is 0.252 e. The highest BCUT2D eigenvalue weighted by Crippen LogP contribution is 2.25. The Kier molecular flexibility index (Phi) is 6.06. The van der Waals surface area contributed by atoms with Gasteiger partial charge in [0.25, 0.3) is 5.91 Å².